The number of hydrogen-bond donors (Lipinski definition) is 2. The highest BCUT2D eigenvalue weighted by Gasteiger charge is 2.05. The summed E-state index contributed by atoms with van der Waals surface area (Å²) < 4.78 is 5.53. The number of urea groups is 1. The molecule has 2 N–H and O–H groups in total. The zero-order valence-corrected chi connectivity index (χ0v) is 15.3. The second-order valence-corrected chi connectivity index (χ2v) is 5.85. The molecule has 0 aliphatic rings. The molecule has 0 saturated heterocycles. The maximum Gasteiger partial charge on any atom is 0.317 e. The highest BCUT2D eigenvalue weighted by Crippen LogP contribution is 2.25. The van der Waals surface area contributed by atoms with Crippen LogP contribution in [0.25, 0.3) is 0 Å². The van der Waals surface area contributed by atoms with E-state index in [0.717, 1.165) is 42.2 Å². The summed E-state index contributed by atoms with van der Waals surface area (Å²) in [5.41, 5.74) is 1.92. The maximum atomic E-state index is 11.7. The van der Waals surface area contributed by atoms with E-state index < -0.39 is 0 Å². The number of halogens is 1. The van der Waals surface area contributed by atoms with Gasteiger partial charge in [0, 0.05) is 11.6 Å². The number of hydrogen-bond acceptors (Lipinski definition) is 3. The number of nitrogens with one attached hydrogen (secondary N) is 2. The number of aryl methyl sites for hydroxylation is 2. The highest BCUT2D eigenvalue weighted by molar-refractivity contribution is 6.32. The first-order valence-corrected chi connectivity index (χ1v) is 8.49. The Balaban J connectivity index is 2.22. The lowest BCUT2D eigenvalue weighted by molar-refractivity contribution is 0.223. The number of carbonyl (C=O) groups excluding carboxylic acids is 1. The Morgan fingerprint density at radius 1 is 1.17 bits per heavy atom. The van der Waals surface area contributed by atoms with Crippen molar-refractivity contribution < 1.29 is 9.53 Å². The van der Waals surface area contributed by atoms with E-state index in [0.29, 0.717) is 12.3 Å². The van der Waals surface area contributed by atoms with Crippen molar-refractivity contribution in [3.8, 4) is 5.75 Å². The molecule has 0 atom stereocenters. The van der Waals surface area contributed by atoms with E-state index in [1.165, 1.54) is 0 Å². The predicted molar refractivity (Wildman–Crippen MR) is 95.4 cm³/mol. The molecule has 6 heteroatoms. The number of ether oxygens (including phenoxy) is 1. The van der Waals surface area contributed by atoms with Crippen LogP contribution in [0.4, 0.5) is 4.79 Å². The maximum absolute atomic E-state index is 11.7. The molecule has 0 unspecified atom stereocenters. The average molecular weight is 342 g/mol. The van der Waals surface area contributed by atoms with Gasteiger partial charge in [-0.05, 0) is 63.2 Å². The number of rotatable bonds is 9. The van der Waals surface area contributed by atoms with E-state index in [1.54, 1.807) is 0 Å². The summed E-state index contributed by atoms with van der Waals surface area (Å²) in [6.45, 7) is 12.0. The number of amides is 2. The van der Waals surface area contributed by atoms with Gasteiger partial charge in [0.1, 0.15) is 5.75 Å². The molecular weight excluding hydrogens is 314 g/mol. The Bertz CT molecular complexity index is 482. The molecule has 130 valence electrons. The van der Waals surface area contributed by atoms with Crippen LogP contribution in [0.3, 0.4) is 0 Å². The molecule has 0 spiro atoms. The second kappa shape index (κ2) is 10.3. The van der Waals surface area contributed by atoms with Crippen molar-refractivity contribution >= 4 is 17.6 Å². The van der Waals surface area contributed by atoms with Crippen LogP contribution in [-0.2, 0) is 0 Å². The molecule has 2 amide bonds. The van der Waals surface area contributed by atoms with Gasteiger partial charge < -0.3 is 20.3 Å². The SMILES string of the molecule is CCN(CC)CCCNC(=O)NCOc1cc(C)c(Cl)c(C)c1. The molecule has 1 aromatic rings. The number of carbonyl (C=O) groups is 1. The lowest BCUT2D eigenvalue weighted by Gasteiger charge is -2.17. The normalized spacial score (nSPS) is 10.7. The van der Waals surface area contributed by atoms with Gasteiger partial charge >= 0.3 is 6.03 Å². The zero-order chi connectivity index (χ0) is 17.2. The average Bonchev–Trinajstić information content (AvgIpc) is 2.52. The molecule has 23 heavy (non-hydrogen) atoms. The summed E-state index contributed by atoms with van der Waals surface area (Å²) in [4.78, 5) is 14.0. The number of benzene rings is 1. The molecule has 0 aliphatic carbocycles. The van der Waals surface area contributed by atoms with Crippen LogP contribution in [0, 0.1) is 13.8 Å². The molecule has 0 radical (unpaired) electrons. The second-order valence-electron chi connectivity index (χ2n) is 5.47. The van der Waals surface area contributed by atoms with Crippen molar-refractivity contribution in [2.75, 3.05) is 32.9 Å². The Kier molecular flexibility index (Phi) is 8.81. The summed E-state index contributed by atoms with van der Waals surface area (Å²) in [7, 11) is 0. The summed E-state index contributed by atoms with van der Waals surface area (Å²) in [6, 6.07) is 3.50. The van der Waals surface area contributed by atoms with Gasteiger partial charge in [0.15, 0.2) is 6.73 Å². The molecule has 0 fully saturated rings. The topological polar surface area (TPSA) is 53.6 Å². The lowest BCUT2D eigenvalue weighted by atomic mass is 10.1. The van der Waals surface area contributed by atoms with E-state index in [-0.39, 0.29) is 12.8 Å². The third-order valence-electron chi connectivity index (χ3n) is 3.71. The van der Waals surface area contributed by atoms with Gasteiger partial charge in [0.05, 0.1) is 0 Å². The molecule has 0 saturated carbocycles. The van der Waals surface area contributed by atoms with Crippen LogP contribution in [0.2, 0.25) is 5.02 Å². The largest absolute Gasteiger partial charge is 0.473 e. The fourth-order valence-electron chi connectivity index (χ4n) is 2.28. The van der Waals surface area contributed by atoms with Gasteiger partial charge in [-0.25, -0.2) is 4.79 Å². The van der Waals surface area contributed by atoms with Crippen LogP contribution in [0.1, 0.15) is 31.4 Å². The van der Waals surface area contributed by atoms with Crippen molar-refractivity contribution in [1.29, 1.82) is 0 Å². The van der Waals surface area contributed by atoms with E-state index >= 15 is 0 Å². The van der Waals surface area contributed by atoms with E-state index in [1.807, 2.05) is 26.0 Å². The van der Waals surface area contributed by atoms with Crippen molar-refractivity contribution in [3.63, 3.8) is 0 Å². The Morgan fingerprint density at radius 2 is 1.78 bits per heavy atom. The van der Waals surface area contributed by atoms with Crippen LogP contribution in [0.15, 0.2) is 12.1 Å². The van der Waals surface area contributed by atoms with Gasteiger partial charge in [-0.15, -0.1) is 0 Å². The fourth-order valence-corrected chi connectivity index (χ4v) is 2.39. The van der Waals surface area contributed by atoms with Gasteiger partial charge in [0.25, 0.3) is 0 Å². The lowest BCUT2D eigenvalue weighted by Crippen LogP contribution is -2.39. The monoisotopic (exact) mass is 341 g/mol. The first-order chi connectivity index (χ1) is 11.0. The summed E-state index contributed by atoms with van der Waals surface area (Å²) in [6.07, 6.45) is 0.936. The van der Waals surface area contributed by atoms with Crippen molar-refractivity contribution in [3.05, 3.63) is 28.3 Å². The fraction of sp³-hybridized carbons (Fsp3) is 0.588. The minimum Gasteiger partial charge on any atom is -0.473 e. The Morgan fingerprint density at radius 3 is 2.35 bits per heavy atom. The van der Waals surface area contributed by atoms with Gasteiger partial charge in [-0.1, -0.05) is 25.4 Å². The summed E-state index contributed by atoms with van der Waals surface area (Å²) >= 11 is 6.11. The molecule has 5 nitrogen and oxygen atoms in total. The van der Waals surface area contributed by atoms with Crippen LogP contribution >= 0.6 is 11.6 Å². The van der Waals surface area contributed by atoms with Gasteiger partial charge in [-0.3, -0.25) is 0 Å². The van der Waals surface area contributed by atoms with Crippen LogP contribution < -0.4 is 15.4 Å². The molecular formula is C17H28ClN3O2. The minimum absolute atomic E-state index is 0.127. The third-order valence-corrected chi connectivity index (χ3v) is 4.31. The van der Waals surface area contributed by atoms with Crippen molar-refractivity contribution in [1.82, 2.24) is 15.5 Å². The molecule has 1 aromatic carbocycles. The Labute approximate surface area is 144 Å². The van der Waals surface area contributed by atoms with Gasteiger partial charge in [0.2, 0.25) is 0 Å². The van der Waals surface area contributed by atoms with E-state index in [2.05, 4.69) is 29.4 Å². The summed E-state index contributed by atoms with van der Waals surface area (Å²) in [5.74, 6) is 0.700. The third kappa shape index (κ3) is 7.10. The zero-order valence-electron chi connectivity index (χ0n) is 14.5. The first kappa shape index (κ1) is 19.6. The van der Waals surface area contributed by atoms with Crippen LogP contribution in [0.5, 0.6) is 5.75 Å². The highest BCUT2D eigenvalue weighted by atomic mass is 35.5. The quantitative estimate of drug-likeness (QED) is 0.535. The minimum atomic E-state index is -0.216. The Hall–Kier alpha value is -1.46. The van der Waals surface area contributed by atoms with Crippen LogP contribution in [-0.4, -0.2) is 43.8 Å². The van der Waals surface area contributed by atoms with Crippen molar-refractivity contribution in [2.24, 2.45) is 0 Å². The number of nitrogens with zero attached hydrogens (tertiary/aromatic N) is 1. The molecule has 0 heterocycles. The van der Waals surface area contributed by atoms with E-state index in [9.17, 15) is 4.79 Å². The molecule has 1 rings (SSSR count). The first-order valence-electron chi connectivity index (χ1n) is 8.11. The summed E-state index contributed by atoms with van der Waals surface area (Å²) in [5, 5.41) is 6.25. The smallest absolute Gasteiger partial charge is 0.317 e. The molecule has 0 aromatic heterocycles. The predicted octanol–water partition coefficient (Wildman–Crippen LogP) is 3.32. The van der Waals surface area contributed by atoms with Gasteiger partial charge in [-0.2, -0.15) is 0 Å². The molecule has 0 bridgehead atoms. The molecule has 0 aliphatic heterocycles. The van der Waals surface area contributed by atoms with Crippen molar-refractivity contribution in [2.45, 2.75) is 34.1 Å². The standard InChI is InChI=1S/C17H28ClN3O2/c1-5-21(6-2)9-7-8-19-17(22)20-12-23-15-10-13(3)16(18)14(4)11-15/h10-11H,5-9,12H2,1-4H3,(H2,19,20,22). The van der Waals surface area contributed by atoms with E-state index in [4.69, 9.17) is 16.3 Å².